The van der Waals surface area contributed by atoms with Gasteiger partial charge in [0.15, 0.2) is 6.61 Å². The molecule has 0 bridgehead atoms. The van der Waals surface area contributed by atoms with Crippen LogP contribution in [0.1, 0.15) is 20.3 Å². The summed E-state index contributed by atoms with van der Waals surface area (Å²) in [5, 5.41) is 6.77. The third kappa shape index (κ3) is 5.38. The number of urea groups is 1. The molecule has 9 nitrogen and oxygen atoms in total. The van der Waals surface area contributed by atoms with Gasteiger partial charge in [-0.3, -0.25) is 24.3 Å². The highest BCUT2D eigenvalue weighted by atomic mass is 32.1. The Hall–Kier alpha value is -2.75. The minimum Gasteiger partial charge on any atom is -0.456 e. The number of hydrogen-bond acceptors (Lipinski definition) is 7. The predicted octanol–water partition coefficient (Wildman–Crippen LogP) is 0.625. The molecular weight excluding hydrogens is 348 g/mol. The molecule has 2 aromatic rings. The average Bonchev–Trinajstić information content (AvgIpc) is 3.01. The first-order valence-electron chi connectivity index (χ1n) is 7.55. The molecule has 0 aliphatic heterocycles. The normalized spacial score (nSPS) is 10.7. The molecule has 0 aliphatic carbocycles. The van der Waals surface area contributed by atoms with Gasteiger partial charge in [-0.1, -0.05) is 0 Å². The van der Waals surface area contributed by atoms with Gasteiger partial charge in [0.05, 0.1) is 18.1 Å². The summed E-state index contributed by atoms with van der Waals surface area (Å²) < 4.78 is 6.09. The highest BCUT2D eigenvalue weighted by Gasteiger charge is 2.12. The van der Waals surface area contributed by atoms with Gasteiger partial charge in [0.2, 0.25) is 0 Å². The van der Waals surface area contributed by atoms with Crippen molar-refractivity contribution in [1.29, 1.82) is 0 Å². The van der Waals surface area contributed by atoms with E-state index >= 15 is 0 Å². The average molecular weight is 366 g/mol. The summed E-state index contributed by atoms with van der Waals surface area (Å²) in [5.74, 6) is -1.39. The molecule has 0 spiro atoms. The Kier molecular flexibility index (Phi) is 6.23. The van der Waals surface area contributed by atoms with E-state index in [9.17, 15) is 19.2 Å². The highest BCUT2D eigenvalue weighted by molar-refractivity contribution is 7.16. The minimum atomic E-state index is -0.731. The lowest BCUT2D eigenvalue weighted by Gasteiger charge is -2.09. The SMILES string of the molecule is CC(C)NC(=O)NC(=O)COC(=O)CCn1cnc2sccc2c1=O. The van der Waals surface area contributed by atoms with Crippen LogP contribution in [0, 0.1) is 0 Å². The number of nitrogens with zero attached hydrogens (tertiary/aromatic N) is 2. The van der Waals surface area contributed by atoms with Crippen LogP contribution in [-0.2, 0) is 20.9 Å². The van der Waals surface area contributed by atoms with Gasteiger partial charge in [0.25, 0.3) is 11.5 Å². The van der Waals surface area contributed by atoms with Crippen LogP contribution in [0.2, 0.25) is 0 Å². The standard InChI is InChI=1S/C15H18N4O5S/c1-9(2)17-15(23)18-11(20)7-24-12(21)3-5-19-8-16-13-10(14(19)22)4-6-25-13/h4,6,8-9H,3,5,7H2,1-2H3,(H2,17,18,20,23). The van der Waals surface area contributed by atoms with E-state index in [1.165, 1.54) is 22.2 Å². The number of rotatable bonds is 6. The lowest BCUT2D eigenvalue weighted by atomic mass is 10.4. The van der Waals surface area contributed by atoms with Gasteiger partial charge in [-0.25, -0.2) is 9.78 Å². The van der Waals surface area contributed by atoms with Crippen molar-refractivity contribution >= 4 is 39.5 Å². The number of carbonyl (C=O) groups is 3. The van der Waals surface area contributed by atoms with Gasteiger partial charge < -0.3 is 10.1 Å². The summed E-state index contributed by atoms with van der Waals surface area (Å²) in [6.45, 7) is 3.01. The molecule has 2 rings (SSSR count). The number of carbonyl (C=O) groups excluding carboxylic acids is 3. The van der Waals surface area contributed by atoms with E-state index in [1.54, 1.807) is 25.3 Å². The van der Waals surface area contributed by atoms with Gasteiger partial charge in [0, 0.05) is 12.6 Å². The van der Waals surface area contributed by atoms with Gasteiger partial charge >= 0.3 is 12.0 Å². The molecule has 0 saturated heterocycles. The highest BCUT2D eigenvalue weighted by Crippen LogP contribution is 2.13. The number of esters is 1. The van der Waals surface area contributed by atoms with Crippen molar-refractivity contribution < 1.29 is 19.1 Å². The van der Waals surface area contributed by atoms with Gasteiger partial charge in [-0.15, -0.1) is 11.3 Å². The molecule has 0 atom stereocenters. The monoisotopic (exact) mass is 366 g/mol. The number of amides is 3. The molecule has 3 amide bonds. The van der Waals surface area contributed by atoms with E-state index in [4.69, 9.17) is 4.74 Å². The molecule has 0 fully saturated rings. The van der Waals surface area contributed by atoms with Crippen LogP contribution in [0.5, 0.6) is 0 Å². The minimum absolute atomic E-state index is 0.0892. The lowest BCUT2D eigenvalue weighted by Crippen LogP contribution is -2.44. The molecule has 2 N–H and O–H groups in total. The Labute approximate surface area is 147 Å². The molecular formula is C15H18N4O5S. The smallest absolute Gasteiger partial charge is 0.321 e. The number of aromatic nitrogens is 2. The molecule has 0 aromatic carbocycles. The molecule has 2 heterocycles. The Morgan fingerprint density at radius 2 is 2.12 bits per heavy atom. The van der Waals surface area contributed by atoms with Crippen LogP contribution in [0.4, 0.5) is 4.79 Å². The topological polar surface area (TPSA) is 119 Å². The summed E-state index contributed by atoms with van der Waals surface area (Å²) >= 11 is 1.36. The molecule has 0 saturated carbocycles. The van der Waals surface area contributed by atoms with Gasteiger partial charge in [-0.2, -0.15) is 0 Å². The number of fused-ring (bicyclic) bond motifs is 1. The van der Waals surface area contributed by atoms with E-state index in [0.29, 0.717) is 10.2 Å². The largest absolute Gasteiger partial charge is 0.456 e. The van der Waals surface area contributed by atoms with E-state index in [-0.39, 0.29) is 24.6 Å². The lowest BCUT2D eigenvalue weighted by molar-refractivity contribution is -0.148. The van der Waals surface area contributed by atoms with E-state index in [1.807, 2.05) is 5.32 Å². The van der Waals surface area contributed by atoms with Crippen LogP contribution < -0.4 is 16.2 Å². The summed E-state index contributed by atoms with van der Waals surface area (Å²) in [6.07, 6.45) is 1.28. The van der Waals surface area contributed by atoms with Crippen LogP contribution in [0.3, 0.4) is 0 Å². The second kappa shape index (κ2) is 8.38. The van der Waals surface area contributed by atoms with Gasteiger partial charge in [-0.05, 0) is 25.3 Å². The molecule has 25 heavy (non-hydrogen) atoms. The first kappa shape index (κ1) is 18.6. The summed E-state index contributed by atoms with van der Waals surface area (Å²) in [4.78, 5) is 51.4. The Morgan fingerprint density at radius 1 is 1.36 bits per heavy atom. The van der Waals surface area contributed by atoms with Crippen molar-refractivity contribution in [2.75, 3.05) is 6.61 Å². The van der Waals surface area contributed by atoms with Crippen LogP contribution in [0.25, 0.3) is 10.2 Å². The van der Waals surface area contributed by atoms with Crippen molar-refractivity contribution in [2.45, 2.75) is 32.9 Å². The molecule has 0 unspecified atom stereocenters. The van der Waals surface area contributed by atoms with Gasteiger partial charge in [0.1, 0.15) is 4.83 Å². The van der Waals surface area contributed by atoms with Crippen molar-refractivity contribution in [3.8, 4) is 0 Å². The fourth-order valence-corrected chi connectivity index (χ4v) is 2.67. The van der Waals surface area contributed by atoms with Crippen molar-refractivity contribution in [3.05, 3.63) is 28.1 Å². The number of hydrogen-bond donors (Lipinski definition) is 2. The van der Waals surface area contributed by atoms with Crippen LogP contribution in [-0.4, -0.2) is 40.1 Å². The number of imide groups is 1. The molecule has 2 aromatic heterocycles. The maximum absolute atomic E-state index is 12.1. The van der Waals surface area contributed by atoms with Crippen LogP contribution >= 0.6 is 11.3 Å². The number of nitrogens with one attached hydrogen (secondary N) is 2. The Balaban J connectivity index is 1.78. The molecule has 134 valence electrons. The van der Waals surface area contributed by atoms with Crippen molar-refractivity contribution in [1.82, 2.24) is 20.2 Å². The Morgan fingerprint density at radius 3 is 2.84 bits per heavy atom. The molecule has 0 radical (unpaired) electrons. The fraction of sp³-hybridized carbons (Fsp3) is 0.400. The summed E-state index contributed by atoms with van der Waals surface area (Å²) in [7, 11) is 0. The third-order valence-corrected chi connectivity index (χ3v) is 3.86. The third-order valence-electron chi connectivity index (χ3n) is 3.04. The zero-order chi connectivity index (χ0) is 18.4. The van der Waals surface area contributed by atoms with E-state index in [2.05, 4.69) is 10.3 Å². The second-order valence-electron chi connectivity index (χ2n) is 5.47. The molecule has 10 heteroatoms. The number of aryl methyl sites for hydroxylation is 1. The fourth-order valence-electron chi connectivity index (χ4n) is 1.94. The second-order valence-corrected chi connectivity index (χ2v) is 6.36. The quantitative estimate of drug-likeness (QED) is 0.724. The first-order chi connectivity index (χ1) is 11.9. The first-order valence-corrected chi connectivity index (χ1v) is 8.43. The predicted molar refractivity (Wildman–Crippen MR) is 91.3 cm³/mol. The number of thiophene rings is 1. The summed E-state index contributed by atoms with van der Waals surface area (Å²) in [5.41, 5.74) is -0.234. The maximum Gasteiger partial charge on any atom is 0.321 e. The Bertz CT molecular complexity index is 842. The van der Waals surface area contributed by atoms with E-state index in [0.717, 1.165) is 0 Å². The zero-order valence-electron chi connectivity index (χ0n) is 13.8. The van der Waals surface area contributed by atoms with Crippen molar-refractivity contribution in [2.24, 2.45) is 0 Å². The van der Waals surface area contributed by atoms with E-state index < -0.39 is 24.5 Å². The van der Waals surface area contributed by atoms with Crippen LogP contribution in [0.15, 0.2) is 22.6 Å². The maximum atomic E-state index is 12.1. The number of ether oxygens (including phenoxy) is 1. The summed E-state index contributed by atoms with van der Waals surface area (Å²) in [6, 6.07) is 0.900. The molecule has 0 aliphatic rings. The van der Waals surface area contributed by atoms with Crippen molar-refractivity contribution in [3.63, 3.8) is 0 Å². The zero-order valence-corrected chi connectivity index (χ0v) is 14.6.